The van der Waals surface area contributed by atoms with Crippen LogP contribution in [0.2, 0.25) is 0 Å². The van der Waals surface area contributed by atoms with Gasteiger partial charge < -0.3 is 10.6 Å². The van der Waals surface area contributed by atoms with Crippen molar-refractivity contribution in [3.8, 4) is 5.82 Å². The number of nitrogens with one attached hydrogen (secondary N) is 2. The van der Waals surface area contributed by atoms with E-state index in [9.17, 15) is 0 Å². The van der Waals surface area contributed by atoms with E-state index in [0.717, 1.165) is 41.7 Å². The normalized spacial score (nSPS) is 11.1. The Bertz CT molecular complexity index is 845. The van der Waals surface area contributed by atoms with Gasteiger partial charge in [-0.2, -0.15) is 0 Å². The quantitative estimate of drug-likeness (QED) is 0.298. The van der Waals surface area contributed by atoms with E-state index in [4.69, 9.17) is 0 Å². The lowest BCUT2D eigenvalue weighted by molar-refractivity contribution is 0.790. The van der Waals surface area contributed by atoms with Crippen LogP contribution < -0.4 is 10.6 Å². The second kappa shape index (κ2) is 11.0. The molecule has 3 aromatic heterocycles. The Hall–Kier alpha value is -2.01. The zero-order valence-electron chi connectivity index (χ0n) is 15.4. The molecule has 0 saturated carbocycles. The molecule has 2 N–H and O–H groups in total. The predicted molar refractivity (Wildman–Crippen MR) is 120 cm³/mol. The summed E-state index contributed by atoms with van der Waals surface area (Å²) in [4.78, 5) is 18.5. The molecule has 27 heavy (non-hydrogen) atoms. The van der Waals surface area contributed by atoms with Crippen LogP contribution in [0.25, 0.3) is 5.82 Å². The summed E-state index contributed by atoms with van der Waals surface area (Å²) < 4.78 is 1.88. The van der Waals surface area contributed by atoms with E-state index >= 15 is 0 Å². The van der Waals surface area contributed by atoms with Gasteiger partial charge in [0.25, 0.3) is 0 Å². The Kier molecular flexibility index (Phi) is 8.65. The monoisotopic (exact) mass is 497 g/mol. The Labute approximate surface area is 180 Å². The van der Waals surface area contributed by atoms with Crippen molar-refractivity contribution in [1.29, 1.82) is 0 Å². The van der Waals surface area contributed by atoms with Crippen LogP contribution in [0.15, 0.2) is 48.2 Å². The van der Waals surface area contributed by atoms with Gasteiger partial charge >= 0.3 is 0 Å². The summed E-state index contributed by atoms with van der Waals surface area (Å²) in [5, 5.41) is 7.82. The molecule has 3 aromatic rings. The van der Waals surface area contributed by atoms with Crippen molar-refractivity contribution >= 4 is 41.3 Å². The fraction of sp³-hybridized carbons (Fsp3) is 0.333. The van der Waals surface area contributed by atoms with Crippen LogP contribution in [0.5, 0.6) is 0 Å². The molecular weight excluding hydrogens is 473 g/mol. The number of aryl methyl sites for hydroxylation is 1. The van der Waals surface area contributed by atoms with E-state index in [1.165, 1.54) is 4.88 Å². The van der Waals surface area contributed by atoms with Gasteiger partial charge in [0.1, 0.15) is 12.1 Å². The summed E-state index contributed by atoms with van der Waals surface area (Å²) in [6, 6.07) is 4.02. The first-order valence-corrected chi connectivity index (χ1v) is 9.41. The van der Waals surface area contributed by atoms with E-state index in [2.05, 4.69) is 37.5 Å². The SMILES string of the molecule is CCc1cnc(CCNC(=NC)NCc2ccnc(-n3ccnc3)c2)s1.I. The number of nitrogens with zero attached hydrogens (tertiary/aromatic N) is 5. The number of pyridine rings is 1. The lowest BCUT2D eigenvalue weighted by Crippen LogP contribution is -2.37. The highest BCUT2D eigenvalue weighted by Gasteiger charge is 2.03. The van der Waals surface area contributed by atoms with Gasteiger partial charge in [-0.3, -0.25) is 9.56 Å². The molecule has 9 heteroatoms. The maximum absolute atomic E-state index is 4.44. The highest BCUT2D eigenvalue weighted by molar-refractivity contribution is 14.0. The predicted octanol–water partition coefficient (Wildman–Crippen LogP) is 2.81. The van der Waals surface area contributed by atoms with Gasteiger partial charge in [-0.25, -0.2) is 15.0 Å². The number of halogens is 1. The number of aliphatic imine (C=N–C) groups is 1. The molecule has 0 saturated heterocycles. The van der Waals surface area contributed by atoms with Gasteiger partial charge in [0.2, 0.25) is 0 Å². The molecule has 0 radical (unpaired) electrons. The smallest absolute Gasteiger partial charge is 0.191 e. The molecule has 3 rings (SSSR count). The van der Waals surface area contributed by atoms with Gasteiger partial charge in [0, 0.05) is 56.2 Å². The zero-order valence-corrected chi connectivity index (χ0v) is 18.6. The first-order valence-electron chi connectivity index (χ1n) is 8.60. The van der Waals surface area contributed by atoms with Crippen molar-refractivity contribution in [1.82, 2.24) is 30.2 Å². The molecule has 0 fully saturated rings. The van der Waals surface area contributed by atoms with Gasteiger partial charge in [-0.1, -0.05) is 6.92 Å². The molecule has 0 amide bonds. The summed E-state index contributed by atoms with van der Waals surface area (Å²) >= 11 is 1.78. The minimum absolute atomic E-state index is 0. The van der Waals surface area contributed by atoms with Gasteiger partial charge in [0.05, 0.1) is 5.01 Å². The van der Waals surface area contributed by atoms with E-state index in [1.807, 2.05) is 29.1 Å². The second-order valence-corrected chi connectivity index (χ2v) is 6.87. The van der Waals surface area contributed by atoms with Crippen LogP contribution in [0.4, 0.5) is 0 Å². The highest BCUT2D eigenvalue weighted by Crippen LogP contribution is 2.13. The molecule has 0 aliphatic carbocycles. The minimum Gasteiger partial charge on any atom is -0.356 e. The van der Waals surface area contributed by atoms with E-state index in [0.29, 0.717) is 6.54 Å². The number of guanidine groups is 1. The molecule has 0 spiro atoms. The topological polar surface area (TPSA) is 80.0 Å². The molecule has 0 aliphatic rings. The van der Waals surface area contributed by atoms with Crippen LogP contribution in [-0.4, -0.2) is 39.1 Å². The van der Waals surface area contributed by atoms with E-state index in [-0.39, 0.29) is 24.0 Å². The highest BCUT2D eigenvalue weighted by atomic mass is 127. The molecule has 3 heterocycles. The third-order valence-corrected chi connectivity index (χ3v) is 5.05. The maximum atomic E-state index is 4.44. The standard InChI is InChI=1S/C18H23N7S.HI/c1-3-15-12-23-17(26-15)5-7-22-18(19-2)24-11-14-4-6-21-16(10-14)25-9-8-20-13-25;/h4,6,8-10,12-13H,3,5,7,11H2,1-2H3,(H2,19,22,24);1H. The lowest BCUT2D eigenvalue weighted by atomic mass is 10.2. The van der Waals surface area contributed by atoms with Crippen molar-refractivity contribution in [3.05, 3.63) is 58.7 Å². The molecular formula is C18H24IN7S. The number of rotatable bonds is 7. The number of aromatic nitrogens is 4. The minimum atomic E-state index is 0. The maximum Gasteiger partial charge on any atom is 0.191 e. The van der Waals surface area contributed by atoms with Gasteiger partial charge in [0.15, 0.2) is 5.96 Å². The van der Waals surface area contributed by atoms with Crippen LogP contribution in [-0.2, 0) is 19.4 Å². The Balaban J connectivity index is 0.00000261. The summed E-state index contributed by atoms with van der Waals surface area (Å²) in [6.07, 6.45) is 11.1. The Morgan fingerprint density at radius 1 is 1.26 bits per heavy atom. The van der Waals surface area contributed by atoms with Crippen molar-refractivity contribution in [3.63, 3.8) is 0 Å². The van der Waals surface area contributed by atoms with Crippen LogP contribution in [0.1, 0.15) is 22.4 Å². The number of hydrogen-bond donors (Lipinski definition) is 2. The fourth-order valence-corrected chi connectivity index (χ4v) is 3.29. The average Bonchev–Trinajstić information content (AvgIpc) is 3.36. The lowest BCUT2D eigenvalue weighted by Gasteiger charge is -2.12. The van der Waals surface area contributed by atoms with Gasteiger partial charge in [-0.15, -0.1) is 35.3 Å². The summed E-state index contributed by atoms with van der Waals surface area (Å²) in [6.45, 7) is 3.62. The molecule has 0 bridgehead atoms. The van der Waals surface area contributed by atoms with E-state index in [1.54, 1.807) is 37.1 Å². The van der Waals surface area contributed by atoms with Gasteiger partial charge in [-0.05, 0) is 24.1 Å². The number of imidazole rings is 1. The molecule has 0 unspecified atom stereocenters. The average molecular weight is 497 g/mol. The van der Waals surface area contributed by atoms with E-state index < -0.39 is 0 Å². The van der Waals surface area contributed by atoms with Crippen LogP contribution in [0.3, 0.4) is 0 Å². The summed E-state index contributed by atoms with van der Waals surface area (Å²) in [5.41, 5.74) is 1.12. The zero-order chi connectivity index (χ0) is 18.2. The third-order valence-electron chi connectivity index (χ3n) is 3.84. The molecule has 144 valence electrons. The van der Waals surface area contributed by atoms with Crippen molar-refractivity contribution < 1.29 is 0 Å². The Morgan fingerprint density at radius 3 is 2.85 bits per heavy atom. The fourth-order valence-electron chi connectivity index (χ4n) is 2.43. The van der Waals surface area contributed by atoms with Crippen molar-refractivity contribution in [2.45, 2.75) is 26.3 Å². The number of thiazole rings is 1. The molecule has 0 aliphatic heterocycles. The summed E-state index contributed by atoms with van der Waals surface area (Å²) in [7, 11) is 1.78. The van der Waals surface area contributed by atoms with Crippen molar-refractivity contribution in [2.24, 2.45) is 4.99 Å². The molecule has 0 aromatic carbocycles. The Morgan fingerprint density at radius 2 is 2.15 bits per heavy atom. The van der Waals surface area contributed by atoms with Crippen LogP contribution >= 0.6 is 35.3 Å². The third kappa shape index (κ3) is 6.28. The number of hydrogen-bond acceptors (Lipinski definition) is 5. The largest absolute Gasteiger partial charge is 0.356 e. The summed E-state index contributed by atoms with van der Waals surface area (Å²) in [5.74, 6) is 1.62. The van der Waals surface area contributed by atoms with Crippen LogP contribution in [0, 0.1) is 0 Å². The first-order chi connectivity index (χ1) is 12.8. The molecule has 7 nitrogen and oxygen atoms in total. The second-order valence-electron chi connectivity index (χ2n) is 5.67. The van der Waals surface area contributed by atoms with Crippen molar-refractivity contribution in [2.75, 3.05) is 13.6 Å². The first kappa shape index (κ1) is 21.3. The molecule has 0 atom stereocenters.